The third-order valence-corrected chi connectivity index (χ3v) is 14.6. The quantitative estimate of drug-likeness (QED) is 0.227. The highest BCUT2D eigenvalue weighted by atomic mass is 35.5. The maximum Gasteiger partial charge on any atom is 0.412 e. The van der Waals surface area contributed by atoms with Crippen molar-refractivity contribution in [3.8, 4) is 22.7 Å². The summed E-state index contributed by atoms with van der Waals surface area (Å²) in [7, 11) is -2.00. The molecule has 1 fully saturated rings. The van der Waals surface area contributed by atoms with Crippen molar-refractivity contribution in [2.75, 3.05) is 11.9 Å². The molecule has 0 spiro atoms. The van der Waals surface area contributed by atoms with Gasteiger partial charge in [0, 0.05) is 46.6 Å². The van der Waals surface area contributed by atoms with Gasteiger partial charge in [-0.25, -0.2) is 9.48 Å². The van der Waals surface area contributed by atoms with Gasteiger partial charge in [-0.15, -0.1) is 5.54 Å². The number of nitrogens with zero attached hydrogens (tertiary/aromatic N) is 3. The maximum absolute atomic E-state index is 12.9. The molecule has 1 saturated heterocycles. The first kappa shape index (κ1) is 31.2. The maximum atomic E-state index is 12.9. The number of carbonyl (C=O) groups excluding carboxylic acids is 1. The van der Waals surface area contributed by atoms with Crippen molar-refractivity contribution >= 4 is 42.4 Å². The van der Waals surface area contributed by atoms with Crippen LogP contribution in [0.15, 0.2) is 30.7 Å². The Labute approximate surface area is 250 Å². The molecule has 41 heavy (non-hydrogen) atoms. The number of amides is 1. The largest absolute Gasteiger partial charge is 0.444 e. The van der Waals surface area contributed by atoms with Gasteiger partial charge in [0.25, 0.3) is 0 Å². The number of benzene rings is 1. The molecule has 1 N–H and O–H groups in total. The Bertz CT molecular complexity index is 1430. The van der Waals surface area contributed by atoms with Gasteiger partial charge >= 0.3 is 6.09 Å². The fraction of sp³-hybridized carbons (Fsp3) is 0.562. The highest BCUT2D eigenvalue weighted by Crippen LogP contribution is 2.42. The highest BCUT2D eigenvalue weighted by molar-refractivity contribution is 6.90. The van der Waals surface area contributed by atoms with Crippen molar-refractivity contribution in [2.24, 2.45) is 0 Å². The van der Waals surface area contributed by atoms with Crippen LogP contribution >= 0.6 is 11.6 Å². The second kappa shape index (κ2) is 12.2. The van der Waals surface area contributed by atoms with Crippen LogP contribution in [0.1, 0.15) is 87.8 Å². The molecule has 1 aliphatic rings. The van der Waals surface area contributed by atoms with E-state index in [2.05, 4.69) is 63.5 Å². The number of halogens is 1. The van der Waals surface area contributed by atoms with Gasteiger partial charge in [0.1, 0.15) is 19.9 Å². The van der Waals surface area contributed by atoms with Crippen molar-refractivity contribution < 1.29 is 14.3 Å². The zero-order valence-electron chi connectivity index (χ0n) is 26.0. The Morgan fingerprint density at radius 1 is 1.12 bits per heavy atom. The van der Waals surface area contributed by atoms with Crippen LogP contribution in [0.2, 0.25) is 21.6 Å². The van der Waals surface area contributed by atoms with E-state index in [0.717, 1.165) is 47.9 Å². The van der Waals surface area contributed by atoms with Gasteiger partial charge in [0.05, 0.1) is 17.4 Å². The first-order valence-corrected chi connectivity index (χ1v) is 17.4. The summed E-state index contributed by atoms with van der Waals surface area (Å²) < 4.78 is 15.4. The number of ether oxygens (including phenoxy) is 2. The molecule has 2 aromatic heterocycles. The van der Waals surface area contributed by atoms with Crippen LogP contribution in [0.25, 0.3) is 22.0 Å². The first-order valence-electron chi connectivity index (χ1n) is 14.8. The van der Waals surface area contributed by atoms with Gasteiger partial charge in [0.15, 0.2) is 0 Å². The number of fused-ring (bicyclic) bond motifs is 1. The number of rotatable bonds is 6. The molecule has 3 heterocycles. The Balaban J connectivity index is 1.91. The minimum atomic E-state index is -2.00. The number of hydrogen-bond acceptors (Lipinski definition) is 4. The van der Waals surface area contributed by atoms with E-state index in [1.165, 1.54) is 0 Å². The zero-order chi connectivity index (χ0) is 30.1. The predicted molar refractivity (Wildman–Crippen MR) is 171 cm³/mol. The van der Waals surface area contributed by atoms with Crippen LogP contribution in [-0.4, -0.2) is 40.7 Å². The van der Waals surface area contributed by atoms with Gasteiger partial charge in [-0.05, 0) is 68.8 Å². The topological polar surface area (TPSA) is 70.3 Å². The standard InChI is InChI=1S/C32H45ClN4O3Si/c1-21(2)41(22(3)4,23(5)6)15-13-36-20-26(24-18-34-37(19-24)29-12-10-11-14-39-29)30-27(16-25(33)17-28(30)36)35-31(38)40-32(7,8)9/h16-23,29H,10-12,14H2,1-9H3,(H,35,38). The molecule has 1 amide bonds. The molecular formula is C32H45ClN4O3Si. The van der Waals surface area contributed by atoms with Crippen LogP contribution in [0, 0.1) is 11.6 Å². The van der Waals surface area contributed by atoms with E-state index in [1.807, 2.05) is 54.7 Å². The number of aromatic nitrogens is 3. The lowest BCUT2D eigenvalue weighted by Gasteiger charge is -2.37. The number of carbonyl (C=O) groups is 1. The summed E-state index contributed by atoms with van der Waals surface area (Å²) in [4.78, 5) is 12.9. The summed E-state index contributed by atoms with van der Waals surface area (Å²) in [6.45, 7) is 20.1. The van der Waals surface area contributed by atoms with Gasteiger partial charge in [-0.1, -0.05) is 53.1 Å². The van der Waals surface area contributed by atoms with Crippen molar-refractivity contribution in [1.82, 2.24) is 14.3 Å². The lowest BCUT2D eigenvalue weighted by Crippen LogP contribution is -2.43. The van der Waals surface area contributed by atoms with E-state index >= 15 is 0 Å². The third kappa shape index (κ3) is 6.69. The average Bonchev–Trinajstić information content (AvgIpc) is 3.48. The summed E-state index contributed by atoms with van der Waals surface area (Å²) in [5, 5.41) is 8.95. The summed E-state index contributed by atoms with van der Waals surface area (Å²) in [5.41, 5.74) is 7.90. The number of anilines is 1. The second-order valence-electron chi connectivity index (χ2n) is 13.1. The molecule has 7 nitrogen and oxygen atoms in total. The Kier molecular flexibility index (Phi) is 9.32. The Morgan fingerprint density at radius 3 is 2.39 bits per heavy atom. The molecule has 1 aromatic carbocycles. The molecule has 4 rings (SSSR count). The Morgan fingerprint density at radius 2 is 1.80 bits per heavy atom. The van der Waals surface area contributed by atoms with E-state index in [1.54, 1.807) is 6.07 Å². The molecule has 1 atom stereocenters. The molecule has 9 heteroatoms. The minimum absolute atomic E-state index is 0.0748. The predicted octanol–water partition coefficient (Wildman–Crippen LogP) is 9.23. The van der Waals surface area contributed by atoms with Crippen LogP contribution in [0.4, 0.5) is 10.5 Å². The normalized spacial score (nSPS) is 16.4. The van der Waals surface area contributed by atoms with Crippen LogP contribution in [0.5, 0.6) is 0 Å². The molecule has 1 unspecified atom stereocenters. The number of hydrogen-bond donors (Lipinski definition) is 1. The highest BCUT2D eigenvalue weighted by Gasteiger charge is 2.42. The molecule has 0 saturated carbocycles. The van der Waals surface area contributed by atoms with Gasteiger partial charge in [-0.3, -0.25) is 9.88 Å². The van der Waals surface area contributed by atoms with Crippen molar-refractivity contribution in [3.63, 3.8) is 0 Å². The summed E-state index contributed by atoms with van der Waals surface area (Å²) in [6.07, 6.45) is 8.42. The number of nitrogens with one attached hydrogen (secondary N) is 1. The van der Waals surface area contributed by atoms with Crippen LogP contribution < -0.4 is 5.32 Å². The summed E-state index contributed by atoms with van der Waals surface area (Å²) >= 11 is 6.64. The second-order valence-corrected chi connectivity index (χ2v) is 19.1. The van der Waals surface area contributed by atoms with E-state index in [9.17, 15) is 4.79 Å². The minimum Gasteiger partial charge on any atom is -0.444 e. The van der Waals surface area contributed by atoms with E-state index < -0.39 is 19.8 Å². The zero-order valence-corrected chi connectivity index (χ0v) is 27.7. The Hall–Kier alpha value is -2.73. The van der Waals surface area contributed by atoms with E-state index in [-0.39, 0.29) is 6.23 Å². The molecule has 222 valence electrons. The smallest absolute Gasteiger partial charge is 0.412 e. The van der Waals surface area contributed by atoms with E-state index in [0.29, 0.717) is 27.3 Å². The molecule has 0 bridgehead atoms. The fourth-order valence-corrected chi connectivity index (χ4v) is 11.7. The van der Waals surface area contributed by atoms with E-state index in [4.69, 9.17) is 21.1 Å². The van der Waals surface area contributed by atoms with Crippen LogP contribution in [0.3, 0.4) is 0 Å². The van der Waals surface area contributed by atoms with Gasteiger partial charge in [0.2, 0.25) is 0 Å². The summed E-state index contributed by atoms with van der Waals surface area (Å²) in [5.74, 6) is 0. The molecular weight excluding hydrogens is 552 g/mol. The van der Waals surface area contributed by atoms with Crippen molar-refractivity contribution in [3.05, 3.63) is 35.7 Å². The first-order chi connectivity index (χ1) is 19.2. The molecule has 1 aliphatic heterocycles. The monoisotopic (exact) mass is 596 g/mol. The lowest BCUT2D eigenvalue weighted by molar-refractivity contribution is -0.0394. The third-order valence-electron chi connectivity index (χ3n) is 8.13. The van der Waals surface area contributed by atoms with Crippen LogP contribution in [-0.2, 0) is 9.47 Å². The lowest BCUT2D eigenvalue weighted by atomic mass is 10.1. The average molecular weight is 597 g/mol. The molecule has 0 radical (unpaired) electrons. The van der Waals surface area contributed by atoms with Gasteiger partial charge < -0.3 is 9.47 Å². The molecule has 3 aromatic rings. The molecule has 0 aliphatic carbocycles. The summed E-state index contributed by atoms with van der Waals surface area (Å²) in [6, 6.07) is 7.23. The van der Waals surface area contributed by atoms with Crippen molar-refractivity contribution in [2.45, 2.75) is 110 Å². The van der Waals surface area contributed by atoms with Gasteiger partial charge in [-0.2, -0.15) is 5.10 Å². The van der Waals surface area contributed by atoms with Crippen molar-refractivity contribution in [1.29, 1.82) is 0 Å². The SMILES string of the molecule is CC(C)[Si](C#Cn1cc(-c2cnn(C3CCCCO3)c2)c2c(NC(=O)OC(C)(C)C)cc(Cl)cc21)(C(C)C)C(C)C. The fourth-order valence-electron chi connectivity index (χ4n) is 6.31.